The van der Waals surface area contributed by atoms with Gasteiger partial charge >= 0.3 is 0 Å². The van der Waals surface area contributed by atoms with E-state index in [1.165, 1.54) is 23.5 Å². The van der Waals surface area contributed by atoms with Gasteiger partial charge < -0.3 is 5.32 Å². The minimum atomic E-state index is -0.375. The van der Waals surface area contributed by atoms with E-state index in [1.807, 2.05) is 12.3 Å². The lowest BCUT2D eigenvalue weighted by atomic mass is 10.2. The average molecular weight is 299 g/mol. The number of hydrogen-bond acceptors (Lipinski definition) is 3. The second kappa shape index (κ2) is 6.12. The van der Waals surface area contributed by atoms with E-state index in [9.17, 15) is 9.18 Å². The van der Waals surface area contributed by atoms with Crippen molar-refractivity contribution in [1.82, 2.24) is 4.98 Å². The summed E-state index contributed by atoms with van der Waals surface area (Å²) in [5.41, 5.74) is 2.06. The van der Waals surface area contributed by atoms with Crippen LogP contribution in [0.1, 0.15) is 16.3 Å². The number of rotatable bonds is 4. The van der Waals surface area contributed by atoms with Crippen molar-refractivity contribution in [3.8, 4) is 0 Å². The first-order valence-corrected chi connectivity index (χ1v) is 7.05. The molecule has 1 aromatic carbocycles. The molecule has 100 valence electrons. The van der Waals surface area contributed by atoms with Crippen molar-refractivity contribution < 1.29 is 9.18 Å². The maximum Gasteiger partial charge on any atom is 0.231 e. The zero-order valence-corrected chi connectivity index (χ0v) is 11.8. The maximum atomic E-state index is 13.1. The van der Waals surface area contributed by atoms with Crippen LogP contribution in [0.25, 0.3) is 0 Å². The number of halogens is 2. The first-order chi connectivity index (χ1) is 9.08. The molecular formula is C13H12ClFN2OS. The number of carbonyl (C=O) groups excluding carboxylic acids is 1. The number of anilines is 1. The van der Waals surface area contributed by atoms with Gasteiger partial charge in [-0.05, 0) is 24.6 Å². The summed E-state index contributed by atoms with van der Waals surface area (Å²) in [6.45, 7) is 1.81. The highest BCUT2D eigenvalue weighted by Gasteiger charge is 2.09. The fraction of sp³-hybridized carbons (Fsp3) is 0.231. The second-order valence-electron chi connectivity index (χ2n) is 4.05. The highest BCUT2D eigenvalue weighted by atomic mass is 35.5. The van der Waals surface area contributed by atoms with Crippen molar-refractivity contribution in [3.05, 3.63) is 45.7 Å². The Morgan fingerprint density at radius 1 is 1.53 bits per heavy atom. The Kier molecular flexibility index (Phi) is 4.50. The Balaban J connectivity index is 2.03. The van der Waals surface area contributed by atoms with Crippen LogP contribution in [0.4, 0.5) is 10.1 Å². The normalized spacial score (nSPS) is 10.5. The van der Waals surface area contributed by atoms with Crippen LogP contribution in [0.2, 0.25) is 0 Å². The van der Waals surface area contributed by atoms with Crippen LogP contribution in [0.3, 0.4) is 0 Å². The molecule has 3 nitrogen and oxygen atoms in total. The topological polar surface area (TPSA) is 42.0 Å². The number of thiazole rings is 1. The molecule has 0 aliphatic rings. The molecule has 0 fully saturated rings. The van der Waals surface area contributed by atoms with Gasteiger partial charge in [0.1, 0.15) is 10.8 Å². The zero-order chi connectivity index (χ0) is 13.8. The third kappa shape index (κ3) is 3.75. The summed E-state index contributed by atoms with van der Waals surface area (Å²) in [5, 5.41) is 5.20. The highest BCUT2D eigenvalue weighted by molar-refractivity contribution is 7.09. The number of amides is 1. The molecule has 0 radical (unpaired) electrons. The third-order valence-electron chi connectivity index (χ3n) is 2.52. The number of aryl methyl sites for hydroxylation is 1. The zero-order valence-electron chi connectivity index (χ0n) is 10.2. The van der Waals surface area contributed by atoms with E-state index in [2.05, 4.69) is 10.3 Å². The lowest BCUT2D eigenvalue weighted by molar-refractivity contribution is -0.115. The fourth-order valence-corrected chi connectivity index (χ4v) is 2.57. The second-order valence-corrected chi connectivity index (χ2v) is 5.26. The molecule has 0 bridgehead atoms. The van der Waals surface area contributed by atoms with E-state index in [0.717, 1.165) is 11.3 Å². The Morgan fingerprint density at radius 3 is 3.00 bits per heavy atom. The van der Waals surface area contributed by atoms with Crippen LogP contribution in [-0.4, -0.2) is 10.9 Å². The van der Waals surface area contributed by atoms with E-state index in [1.54, 1.807) is 6.07 Å². The minimum absolute atomic E-state index is 0.164. The molecule has 0 saturated heterocycles. The van der Waals surface area contributed by atoms with Crippen LogP contribution in [0, 0.1) is 12.7 Å². The quantitative estimate of drug-likeness (QED) is 0.878. The van der Waals surface area contributed by atoms with Gasteiger partial charge in [-0.1, -0.05) is 6.07 Å². The molecule has 6 heteroatoms. The number of alkyl halides is 1. The molecule has 1 aromatic heterocycles. The predicted molar refractivity (Wildman–Crippen MR) is 75.1 cm³/mol. The smallest absolute Gasteiger partial charge is 0.231 e. The van der Waals surface area contributed by atoms with Gasteiger partial charge in [-0.2, -0.15) is 0 Å². The first-order valence-electron chi connectivity index (χ1n) is 5.63. The number of nitrogens with zero attached hydrogens (tertiary/aromatic N) is 1. The Hall–Kier alpha value is -1.46. The molecule has 0 unspecified atom stereocenters. The van der Waals surface area contributed by atoms with Crippen LogP contribution >= 0.6 is 22.9 Å². The van der Waals surface area contributed by atoms with E-state index in [0.29, 0.717) is 16.6 Å². The van der Waals surface area contributed by atoms with Gasteiger partial charge in [0.05, 0.1) is 18.0 Å². The predicted octanol–water partition coefficient (Wildman–Crippen LogP) is 3.51. The summed E-state index contributed by atoms with van der Waals surface area (Å²) in [7, 11) is 0. The number of nitrogens with one attached hydrogen (secondary N) is 1. The van der Waals surface area contributed by atoms with Gasteiger partial charge in [-0.3, -0.25) is 4.79 Å². The molecule has 0 saturated carbocycles. The van der Waals surface area contributed by atoms with Gasteiger partial charge in [0.2, 0.25) is 5.91 Å². The average Bonchev–Trinajstić information content (AvgIpc) is 2.81. The first kappa shape index (κ1) is 14.0. The van der Waals surface area contributed by atoms with Crippen molar-refractivity contribution >= 4 is 34.5 Å². The molecule has 0 aliphatic heterocycles. The molecule has 19 heavy (non-hydrogen) atoms. The van der Waals surface area contributed by atoms with Crippen molar-refractivity contribution in [3.63, 3.8) is 0 Å². The lowest BCUT2D eigenvalue weighted by Crippen LogP contribution is -2.15. The van der Waals surface area contributed by atoms with E-state index in [4.69, 9.17) is 11.6 Å². The van der Waals surface area contributed by atoms with Crippen LogP contribution < -0.4 is 5.32 Å². The molecule has 1 amide bonds. The maximum absolute atomic E-state index is 13.1. The summed E-state index contributed by atoms with van der Waals surface area (Å²) >= 11 is 7.04. The standard InChI is InChI=1S/C13H12ClFN2OS/c1-8-2-3-9(15)4-11(8)17-12(18)5-13-16-10(6-14)7-19-13/h2-4,7H,5-6H2,1H3,(H,17,18). The summed E-state index contributed by atoms with van der Waals surface area (Å²) in [6.07, 6.45) is 0.164. The van der Waals surface area contributed by atoms with Crippen molar-refractivity contribution in [2.24, 2.45) is 0 Å². The van der Waals surface area contributed by atoms with Gasteiger partial charge in [0, 0.05) is 11.1 Å². The molecule has 0 spiro atoms. The molecule has 0 aliphatic carbocycles. The van der Waals surface area contributed by atoms with E-state index < -0.39 is 0 Å². The van der Waals surface area contributed by atoms with Crippen molar-refractivity contribution in [1.29, 1.82) is 0 Å². The highest BCUT2D eigenvalue weighted by Crippen LogP contribution is 2.17. The largest absolute Gasteiger partial charge is 0.325 e. The van der Waals surface area contributed by atoms with Gasteiger partial charge in [0.15, 0.2) is 0 Å². The number of hydrogen-bond donors (Lipinski definition) is 1. The number of aromatic nitrogens is 1. The molecule has 2 aromatic rings. The van der Waals surface area contributed by atoms with Crippen molar-refractivity contribution in [2.45, 2.75) is 19.2 Å². The molecule has 1 heterocycles. The van der Waals surface area contributed by atoms with Gasteiger partial charge in [0.25, 0.3) is 0 Å². The van der Waals surface area contributed by atoms with Crippen LogP contribution in [0.15, 0.2) is 23.6 Å². The number of benzene rings is 1. The lowest BCUT2D eigenvalue weighted by Gasteiger charge is -2.07. The number of carbonyl (C=O) groups is 1. The van der Waals surface area contributed by atoms with Crippen LogP contribution in [-0.2, 0) is 17.1 Å². The third-order valence-corrected chi connectivity index (χ3v) is 3.69. The summed E-state index contributed by atoms with van der Waals surface area (Å²) < 4.78 is 13.1. The van der Waals surface area contributed by atoms with Gasteiger partial charge in [-0.15, -0.1) is 22.9 Å². The Morgan fingerprint density at radius 2 is 2.32 bits per heavy atom. The SMILES string of the molecule is Cc1ccc(F)cc1NC(=O)Cc1nc(CCl)cs1. The van der Waals surface area contributed by atoms with E-state index in [-0.39, 0.29) is 18.1 Å². The monoisotopic (exact) mass is 298 g/mol. The van der Waals surface area contributed by atoms with Gasteiger partial charge in [-0.25, -0.2) is 9.37 Å². The molecule has 2 rings (SSSR count). The molecular weight excluding hydrogens is 287 g/mol. The van der Waals surface area contributed by atoms with Crippen molar-refractivity contribution in [2.75, 3.05) is 5.32 Å². The molecule has 0 atom stereocenters. The van der Waals surface area contributed by atoms with Crippen LogP contribution in [0.5, 0.6) is 0 Å². The summed E-state index contributed by atoms with van der Waals surface area (Å²) in [6, 6.07) is 4.29. The Bertz CT molecular complexity index is 600. The minimum Gasteiger partial charge on any atom is -0.325 e. The van der Waals surface area contributed by atoms with E-state index >= 15 is 0 Å². The summed E-state index contributed by atoms with van der Waals surface area (Å²) in [4.78, 5) is 16.0. The Labute approximate surface area is 119 Å². The fourth-order valence-electron chi connectivity index (χ4n) is 1.55. The molecule has 1 N–H and O–H groups in total. The summed E-state index contributed by atoms with van der Waals surface area (Å²) in [5.74, 6) is -0.259.